The van der Waals surface area contributed by atoms with Gasteiger partial charge in [-0.1, -0.05) is 71.7 Å². The lowest BCUT2D eigenvalue weighted by atomic mass is 10.1. The van der Waals surface area contributed by atoms with Gasteiger partial charge in [-0.15, -0.1) is 0 Å². The summed E-state index contributed by atoms with van der Waals surface area (Å²) in [5.41, 5.74) is 3.60. The molecule has 0 unspecified atom stereocenters. The van der Waals surface area contributed by atoms with Crippen LogP contribution in [0, 0.1) is 0 Å². The van der Waals surface area contributed by atoms with E-state index in [1.807, 2.05) is 38.2 Å². The molecule has 0 aliphatic rings. The van der Waals surface area contributed by atoms with Crippen molar-refractivity contribution >= 4 is 0 Å². The molecule has 23 heavy (non-hydrogen) atoms. The summed E-state index contributed by atoms with van der Waals surface area (Å²) in [6.07, 6.45) is 5.54. The lowest BCUT2D eigenvalue weighted by Gasteiger charge is -2.02. The molecular formula is C21H35NO. The molecule has 0 radical (unpaired) electrons. The van der Waals surface area contributed by atoms with Crippen molar-refractivity contribution in [3.63, 3.8) is 0 Å². The first-order valence-corrected chi connectivity index (χ1v) is 8.63. The van der Waals surface area contributed by atoms with Crippen molar-refractivity contribution in [2.45, 2.75) is 53.9 Å². The van der Waals surface area contributed by atoms with Gasteiger partial charge in [0.15, 0.2) is 0 Å². The number of aromatic nitrogens is 1. The minimum atomic E-state index is 1.04. The maximum Gasteiger partial charge on any atom is 0.0702 e. The number of rotatable bonds is 3. The van der Waals surface area contributed by atoms with Gasteiger partial charge in [-0.05, 0) is 30.2 Å². The second-order valence-corrected chi connectivity index (χ2v) is 4.68. The average Bonchev–Trinajstić information content (AvgIpc) is 2.65. The van der Waals surface area contributed by atoms with Gasteiger partial charge in [0.1, 0.15) is 0 Å². The zero-order chi connectivity index (χ0) is 17.9. The highest BCUT2D eigenvalue weighted by Gasteiger charge is 1.97. The lowest BCUT2D eigenvalue weighted by molar-refractivity contribution is 0.277. The standard InChI is InChI=1S/C13H13N.C4H10.C2H6O.C2H6/c1-2-11-6-5-7-12(10-11)13-8-3-4-9-14-13;1-3-4-2;1-3-2;1-2/h3-10H,2H2,1H3;3-4H2,1-2H3;1-2H3;1-2H3. The summed E-state index contributed by atoms with van der Waals surface area (Å²) in [7, 11) is 3.25. The Morgan fingerprint density at radius 3 is 1.91 bits per heavy atom. The summed E-state index contributed by atoms with van der Waals surface area (Å²) >= 11 is 0. The van der Waals surface area contributed by atoms with E-state index in [-0.39, 0.29) is 0 Å². The van der Waals surface area contributed by atoms with Gasteiger partial charge in [0.05, 0.1) is 5.69 Å². The van der Waals surface area contributed by atoms with Crippen LogP contribution in [0.25, 0.3) is 11.3 Å². The topological polar surface area (TPSA) is 22.1 Å². The predicted octanol–water partition coefficient (Wildman–Crippen LogP) is 6.41. The van der Waals surface area contributed by atoms with Crippen LogP contribution in [0.5, 0.6) is 0 Å². The van der Waals surface area contributed by atoms with Gasteiger partial charge in [-0.2, -0.15) is 0 Å². The molecule has 2 rings (SSSR count). The summed E-state index contributed by atoms with van der Waals surface area (Å²) in [5, 5.41) is 0. The van der Waals surface area contributed by atoms with Gasteiger partial charge >= 0.3 is 0 Å². The highest BCUT2D eigenvalue weighted by atomic mass is 16.4. The zero-order valence-electron chi connectivity index (χ0n) is 16.1. The largest absolute Gasteiger partial charge is 0.388 e. The molecule has 0 saturated heterocycles. The Morgan fingerprint density at radius 1 is 0.870 bits per heavy atom. The molecule has 1 aromatic heterocycles. The molecule has 1 heterocycles. The number of pyridine rings is 1. The molecule has 2 aromatic rings. The quantitative estimate of drug-likeness (QED) is 0.653. The van der Waals surface area contributed by atoms with Gasteiger partial charge < -0.3 is 4.74 Å². The van der Waals surface area contributed by atoms with E-state index < -0.39 is 0 Å². The summed E-state index contributed by atoms with van der Waals surface area (Å²) in [5.74, 6) is 0. The first-order chi connectivity index (χ1) is 11.2. The van der Waals surface area contributed by atoms with Crippen LogP contribution in [0.15, 0.2) is 48.7 Å². The van der Waals surface area contributed by atoms with Crippen LogP contribution in [-0.4, -0.2) is 19.2 Å². The fraction of sp³-hybridized carbons (Fsp3) is 0.476. The zero-order valence-corrected chi connectivity index (χ0v) is 16.1. The highest BCUT2D eigenvalue weighted by molar-refractivity contribution is 5.59. The number of benzene rings is 1. The first-order valence-electron chi connectivity index (χ1n) is 8.63. The van der Waals surface area contributed by atoms with Crippen molar-refractivity contribution in [2.24, 2.45) is 0 Å². The normalized spacial score (nSPS) is 8.48. The van der Waals surface area contributed by atoms with E-state index in [0.717, 1.165) is 12.1 Å². The van der Waals surface area contributed by atoms with Crippen LogP contribution >= 0.6 is 0 Å². The maximum atomic E-state index is 4.32. The third-order valence-electron chi connectivity index (χ3n) is 2.80. The van der Waals surface area contributed by atoms with E-state index in [1.54, 1.807) is 14.2 Å². The van der Waals surface area contributed by atoms with Crippen LogP contribution < -0.4 is 0 Å². The van der Waals surface area contributed by atoms with Crippen LogP contribution in [0.4, 0.5) is 0 Å². The second kappa shape index (κ2) is 18.4. The lowest BCUT2D eigenvalue weighted by Crippen LogP contribution is -1.84. The third-order valence-corrected chi connectivity index (χ3v) is 2.80. The molecule has 2 heteroatoms. The SMILES string of the molecule is CC.CCCC.CCc1cccc(-c2ccccn2)c1.COC. The van der Waals surface area contributed by atoms with Gasteiger partial charge in [0.2, 0.25) is 0 Å². The van der Waals surface area contributed by atoms with Crippen LogP contribution in [0.3, 0.4) is 0 Å². The Balaban J connectivity index is 0. The monoisotopic (exact) mass is 317 g/mol. The Bertz CT molecular complexity index is 452. The minimum absolute atomic E-state index is 1.04. The number of hydrogen-bond donors (Lipinski definition) is 0. The van der Waals surface area contributed by atoms with Gasteiger partial charge in [0, 0.05) is 26.0 Å². The van der Waals surface area contributed by atoms with Crippen molar-refractivity contribution in [2.75, 3.05) is 14.2 Å². The molecule has 0 spiro atoms. The summed E-state index contributed by atoms with van der Waals surface area (Å²) in [6.45, 7) is 10.5. The van der Waals surface area contributed by atoms with Crippen molar-refractivity contribution in [1.82, 2.24) is 4.98 Å². The number of nitrogens with zero attached hydrogens (tertiary/aromatic N) is 1. The number of hydrogen-bond acceptors (Lipinski definition) is 2. The number of methoxy groups -OCH3 is 1. The van der Waals surface area contributed by atoms with Crippen LogP contribution in [-0.2, 0) is 11.2 Å². The molecule has 2 nitrogen and oxygen atoms in total. The Hall–Kier alpha value is -1.67. The smallest absolute Gasteiger partial charge is 0.0702 e. The molecule has 0 amide bonds. The molecule has 0 bridgehead atoms. The molecule has 0 fully saturated rings. The average molecular weight is 318 g/mol. The number of unbranched alkanes of at least 4 members (excludes halogenated alkanes) is 1. The van der Waals surface area contributed by atoms with E-state index >= 15 is 0 Å². The molecule has 0 saturated carbocycles. The Kier molecular flexibility index (Phi) is 18.9. The fourth-order valence-corrected chi connectivity index (χ4v) is 1.48. The van der Waals surface area contributed by atoms with Crippen LogP contribution in [0.1, 0.15) is 53.0 Å². The number of aryl methyl sites for hydroxylation is 1. The number of ether oxygens (including phenoxy) is 1. The molecule has 0 aliphatic carbocycles. The van der Waals surface area contributed by atoms with Crippen molar-refractivity contribution in [1.29, 1.82) is 0 Å². The molecule has 1 aromatic carbocycles. The maximum absolute atomic E-state index is 4.32. The summed E-state index contributed by atoms with van der Waals surface area (Å²) < 4.78 is 4.25. The molecule has 0 atom stereocenters. The molecule has 130 valence electrons. The second-order valence-electron chi connectivity index (χ2n) is 4.68. The van der Waals surface area contributed by atoms with Crippen molar-refractivity contribution in [3.05, 3.63) is 54.2 Å². The van der Waals surface area contributed by atoms with Crippen LogP contribution in [0.2, 0.25) is 0 Å². The van der Waals surface area contributed by atoms with Gasteiger partial charge in [-0.25, -0.2) is 0 Å². The molecular weight excluding hydrogens is 282 g/mol. The Morgan fingerprint density at radius 2 is 1.48 bits per heavy atom. The van der Waals surface area contributed by atoms with E-state index in [2.05, 4.69) is 54.8 Å². The molecule has 0 aliphatic heterocycles. The third kappa shape index (κ3) is 12.5. The Labute approximate surface area is 143 Å². The summed E-state index contributed by atoms with van der Waals surface area (Å²) in [6, 6.07) is 14.5. The van der Waals surface area contributed by atoms with E-state index in [9.17, 15) is 0 Å². The molecule has 0 N–H and O–H groups in total. The van der Waals surface area contributed by atoms with E-state index in [4.69, 9.17) is 0 Å². The van der Waals surface area contributed by atoms with Gasteiger partial charge in [-0.3, -0.25) is 4.98 Å². The first kappa shape index (κ1) is 23.6. The highest BCUT2D eigenvalue weighted by Crippen LogP contribution is 2.17. The minimum Gasteiger partial charge on any atom is -0.388 e. The predicted molar refractivity (Wildman–Crippen MR) is 104 cm³/mol. The fourth-order valence-electron chi connectivity index (χ4n) is 1.48. The summed E-state index contributed by atoms with van der Waals surface area (Å²) in [4.78, 5) is 4.32. The van der Waals surface area contributed by atoms with Crippen molar-refractivity contribution < 1.29 is 4.74 Å². The van der Waals surface area contributed by atoms with E-state index in [0.29, 0.717) is 0 Å². The van der Waals surface area contributed by atoms with Crippen molar-refractivity contribution in [3.8, 4) is 11.3 Å². The van der Waals surface area contributed by atoms with E-state index in [1.165, 1.54) is 24.0 Å². The van der Waals surface area contributed by atoms with Gasteiger partial charge in [0.25, 0.3) is 0 Å².